The zero-order valence-corrected chi connectivity index (χ0v) is 13.6. The number of halogens is 3. The Balaban J connectivity index is 0.00000361. The van der Waals surface area contributed by atoms with Crippen LogP contribution >= 0.6 is 24.0 Å². The van der Waals surface area contributed by atoms with Gasteiger partial charge < -0.3 is 10.6 Å². The summed E-state index contributed by atoms with van der Waals surface area (Å²) in [6, 6.07) is 3.41. The summed E-state index contributed by atoms with van der Waals surface area (Å²) in [5.74, 6) is 2.14. The topological polar surface area (TPSA) is 36.4 Å². The molecule has 1 aromatic carbocycles. The molecule has 0 radical (unpaired) electrons. The van der Waals surface area contributed by atoms with Gasteiger partial charge in [0.2, 0.25) is 0 Å². The summed E-state index contributed by atoms with van der Waals surface area (Å²) < 4.78 is 26.3. The first-order valence-electron chi connectivity index (χ1n) is 6.07. The molecule has 1 aromatic rings. The molecule has 0 heterocycles. The SMILES string of the molecule is C#CCNC(=NCCc1cc(F)ccc1F)NCC.I. The zero-order valence-electron chi connectivity index (χ0n) is 11.2. The first-order chi connectivity index (χ1) is 9.17. The van der Waals surface area contributed by atoms with Crippen LogP contribution in [0.15, 0.2) is 23.2 Å². The Morgan fingerprint density at radius 1 is 1.35 bits per heavy atom. The third-order valence-corrected chi connectivity index (χ3v) is 2.36. The molecule has 6 heteroatoms. The predicted molar refractivity (Wildman–Crippen MR) is 88.3 cm³/mol. The quantitative estimate of drug-likeness (QED) is 0.349. The van der Waals surface area contributed by atoms with Gasteiger partial charge in [-0.2, -0.15) is 0 Å². The van der Waals surface area contributed by atoms with Gasteiger partial charge in [-0.25, -0.2) is 8.78 Å². The molecule has 0 fully saturated rings. The first-order valence-corrected chi connectivity index (χ1v) is 6.07. The molecule has 0 aliphatic heterocycles. The highest BCUT2D eigenvalue weighted by molar-refractivity contribution is 14.0. The van der Waals surface area contributed by atoms with Crippen LogP contribution in [0.3, 0.4) is 0 Å². The van der Waals surface area contributed by atoms with Crippen molar-refractivity contribution in [3.8, 4) is 12.3 Å². The molecule has 0 bridgehead atoms. The maximum Gasteiger partial charge on any atom is 0.192 e. The minimum Gasteiger partial charge on any atom is -0.357 e. The van der Waals surface area contributed by atoms with E-state index in [4.69, 9.17) is 6.42 Å². The van der Waals surface area contributed by atoms with Gasteiger partial charge in [-0.15, -0.1) is 30.4 Å². The summed E-state index contributed by atoms with van der Waals surface area (Å²) in [4.78, 5) is 4.23. The van der Waals surface area contributed by atoms with E-state index in [-0.39, 0.29) is 24.0 Å². The zero-order chi connectivity index (χ0) is 14.1. The third kappa shape index (κ3) is 6.70. The molecule has 2 N–H and O–H groups in total. The van der Waals surface area contributed by atoms with Gasteiger partial charge in [0.05, 0.1) is 6.54 Å². The Kier molecular flexibility index (Phi) is 9.72. The molecular formula is C14H18F2IN3. The van der Waals surface area contributed by atoms with Crippen LogP contribution < -0.4 is 10.6 Å². The van der Waals surface area contributed by atoms with Gasteiger partial charge in [-0.05, 0) is 37.1 Å². The Labute approximate surface area is 135 Å². The van der Waals surface area contributed by atoms with Crippen LogP contribution in [0.5, 0.6) is 0 Å². The normalized spacial score (nSPS) is 10.4. The second-order valence-electron chi connectivity index (χ2n) is 3.80. The number of hydrogen-bond acceptors (Lipinski definition) is 1. The molecule has 0 unspecified atom stereocenters. The van der Waals surface area contributed by atoms with E-state index in [1.165, 1.54) is 6.07 Å². The molecule has 1 rings (SSSR count). The average Bonchev–Trinajstić information content (AvgIpc) is 2.40. The number of rotatable bonds is 5. The highest BCUT2D eigenvalue weighted by Crippen LogP contribution is 2.10. The van der Waals surface area contributed by atoms with Gasteiger partial charge >= 0.3 is 0 Å². The summed E-state index contributed by atoms with van der Waals surface area (Å²) in [5, 5.41) is 5.92. The summed E-state index contributed by atoms with van der Waals surface area (Å²) >= 11 is 0. The van der Waals surface area contributed by atoms with Crippen LogP contribution in [0.4, 0.5) is 8.78 Å². The van der Waals surface area contributed by atoms with E-state index in [1.807, 2.05) is 6.92 Å². The lowest BCUT2D eigenvalue weighted by atomic mass is 10.1. The van der Waals surface area contributed by atoms with Crippen molar-refractivity contribution in [1.29, 1.82) is 0 Å². The van der Waals surface area contributed by atoms with E-state index in [1.54, 1.807) is 0 Å². The number of nitrogens with zero attached hydrogens (tertiary/aromatic N) is 1. The molecule has 0 aliphatic rings. The molecule has 20 heavy (non-hydrogen) atoms. The fourth-order valence-electron chi connectivity index (χ4n) is 1.50. The van der Waals surface area contributed by atoms with Gasteiger partial charge in [0, 0.05) is 13.1 Å². The smallest absolute Gasteiger partial charge is 0.192 e. The largest absolute Gasteiger partial charge is 0.357 e. The summed E-state index contributed by atoms with van der Waals surface area (Å²) in [6.07, 6.45) is 5.47. The van der Waals surface area contributed by atoms with E-state index in [9.17, 15) is 8.78 Å². The molecule has 110 valence electrons. The number of hydrogen-bond donors (Lipinski definition) is 2. The van der Waals surface area contributed by atoms with E-state index in [0.717, 1.165) is 12.1 Å². The number of guanidine groups is 1. The predicted octanol–water partition coefficient (Wildman–Crippen LogP) is 2.31. The average molecular weight is 393 g/mol. The minimum absolute atomic E-state index is 0. The molecule has 0 amide bonds. The summed E-state index contributed by atoms with van der Waals surface area (Å²) in [5.41, 5.74) is 0.316. The Morgan fingerprint density at radius 3 is 2.75 bits per heavy atom. The highest BCUT2D eigenvalue weighted by Gasteiger charge is 2.03. The van der Waals surface area contributed by atoms with E-state index >= 15 is 0 Å². The second-order valence-corrected chi connectivity index (χ2v) is 3.80. The van der Waals surface area contributed by atoms with Crippen LogP contribution in [-0.2, 0) is 6.42 Å². The van der Waals surface area contributed by atoms with E-state index in [2.05, 4.69) is 21.5 Å². The number of terminal acetylenes is 1. The van der Waals surface area contributed by atoms with Crippen molar-refractivity contribution < 1.29 is 8.78 Å². The van der Waals surface area contributed by atoms with Gasteiger partial charge in [0.15, 0.2) is 5.96 Å². The van der Waals surface area contributed by atoms with Crippen molar-refractivity contribution in [2.45, 2.75) is 13.3 Å². The molecule has 0 atom stereocenters. The second kappa shape index (κ2) is 10.4. The molecule has 0 saturated carbocycles. The van der Waals surface area contributed by atoms with Gasteiger partial charge in [0.25, 0.3) is 0 Å². The van der Waals surface area contributed by atoms with Crippen molar-refractivity contribution in [3.63, 3.8) is 0 Å². The summed E-state index contributed by atoms with van der Waals surface area (Å²) in [7, 11) is 0. The van der Waals surface area contributed by atoms with Crippen LogP contribution in [-0.4, -0.2) is 25.6 Å². The van der Waals surface area contributed by atoms with Crippen LogP contribution in [0, 0.1) is 24.0 Å². The Hall–Kier alpha value is -1.36. The van der Waals surface area contributed by atoms with Crippen LogP contribution in [0.2, 0.25) is 0 Å². The lowest BCUT2D eigenvalue weighted by molar-refractivity contribution is 0.585. The summed E-state index contributed by atoms with van der Waals surface area (Å²) in [6.45, 7) is 3.34. The Bertz CT molecular complexity index is 484. The molecule has 0 aliphatic carbocycles. The maximum atomic E-state index is 13.4. The fraction of sp³-hybridized carbons (Fsp3) is 0.357. The van der Waals surface area contributed by atoms with Gasteiger partial charge in [-0.1, -0.05) is 5.92 Å². The highest BCUT2D eigenvalue weighted by atomic mass is 127. The van der Waals surface area contributed by atoms with Crippen LogP contribution in [0.25, 0.3) is 0 Å². The molecule has 0 saturated heterocycles. The van der Waals surface area contributed by atoms with Crippen molar-refractivity contribution in [3.05, 3.63) is 35.4 Å². The molecule has 3 nitrogen and oxygen atoms in total. The maximum absolute atomic E-state index is 13.4. The number of nitrogens with one attached hydrogen (secondary N) is 2. The van der Waals surface area contributed by atoms with Gasteiger partial charge in [-0.3, -0.25) is 4.99 Å². The fourth-order valence-corrected chi connectivity index (χ4v) is 1.50. The minimum atomic E-state index is -0.447. The standard InChI is InChI=1S/C14H17F2N3.HI/c1-3-8-18-14(17-4-2)19-9-7-11-10-12(15)5-6-13(11)16;/h1,5-6,10H,4,7-9H2,2H3,(H2,17,18,19);1H. The molecule has 0 spiro atoms. The lowest BCUT2D eigenvalue weighted by Gasteiger charge is -2.08. The van der Waals surface area contributed by atoms with Crippen molar-refractivity contribution in [1.82, 2.24) is 10.6 Å². The first kappa shape index (κ1) is 18.6. The number of benzene rings is 1. The van der Waals surface area contributed by atoms with Crippen molar-refractivity contribution in [2.24, 2.45) is 4.99 Å². The Morgan fingerprint density at radius 2 is 2.10 bits per heavy atom. The molecular weight excluding hydrogens is 375 g/mol. The monoisotopic (exact) mass is 393 g/mol. The van der Waals surface area contributed by atoms with E-state index in [0.29, 0.717) is 37.6 Å². The van der Waals surface area contributed by atoms with Crippen molar-refractivity contribution in [2.75, 3.05) is 19.6 Å². The van der Waals surface area contributed by atoms with E-state index < -0.39 is 11.6 Å². The third-order valence-electron chi connectivity index (χ3n) is 2.36. The van der Waals surface area contributed by atoms with Crippen molar-refractivity contribution >= 4 is 29.9 Å². The van der Waals surface area contributed by atoms with Crippen LogP contribution in [0.1, 0.15) is 12.5 Å². The number of aliphatic imine (C=N–C) groups is 1. The van der Waals surface area contributed by atoms with Gasteiger partial charge in [0.1, 0.15) is 11.6 Å². The lowest BCUT2D eigenvalue weighted by Crippen LogP contribution is -2.37. The molecule has 0 aromatic heterocycles.